The van der Waals surface area contributed by atoms with E-state index in [1.165, 1.54) is 0 Å². The summed E-state index contributed by atoms with van der Waals surface area (Å²) in [4.78, 5) is 0. The third-order valence-electron chi connectivity index (χ3n) is 0.705. The highest BCUT2D eigenvalue weighted by Gasteiger charge is 1.82. The van der Waals surface area contributed by atoms with Crippen LogP contribution in [0.15, 0.2) is 22.2 Å². The van der Waals surface area contributed by atoms with E-state index in [0.29, 0.717) is 5.88 Å². The van der Waals surface area contributed by atoms with Crippen molar-refractivity contribution in [2.75, 3.05) is 5.88 Å². The zero-order valence-corrected chi connectivity index (χ0v) is 7.26. The molecule has 0 aliphatic heterocycles. The van der Waals surface area contributed by atoms with E-state index in [1.54, 1.807) is 12.2 Å². The molecule has 0 aliphatic carbocycles. The highest BCUT2D eigenvalue weighted by atomic mass is 35.5. The smallest absolute Gasteiger partial charge is 0.106 e. The summed E-state index contributed by atoms with van der Waals surface area (Å²) in [5, 5.41) is 0. The third-order valence-corrected chi connectivity index (χ3v) is 1.38. The number of hydrogen-bond donors (Lipinski definition) is 0. The van der Waals surface area contributed by atoms with Crippen molar-refractivity contribution in [1.82, 2.24) is 0 Å². The van der Waals surface area contributed by atoms with E-state index in [2.05, 4.69) is 0 Å². The van der Waals surface area contributed by atoms with Crippen molar-refractivity contribution in [3.8, 4) is 0 Å². The maximum absolute atomic E-state index is 5.45. The molecular weight excluding hydrogens is 178 g/mol. The Balaban J connectivity index is 3.83. The van der Waals surface area contributed by atoms with Gasteiger partial charge >= 0.3 is 0 Å². The first-order chi connectivity index (χ1) is 4.16. The molecular formula is C6H7Cl3. The fourth-order valence-electron chi connectivity index (χ4n) is 0.250. The Hall–Kier alpha value is 0.350. The topological polar surface area (TPSA) is 0 Å². The van der Waals surface area contributed by atoms with Crippen LogP contribution in [0.3, 0.4) is 0 Å². The molecule has 0 rings (SSSR count). The van der Waals surface area contributed by atoms with Gasteiger partial charge in [-0.1, -0.05) is 34.9 Å². The van der Waals surface area contributed by atoms with E-state index in [9.17, 15) is 0 Å². The molecule has 0 aromatic carbocycles. The average Bonchev–Trinajstić information content (AvgIpc) is 1.83. The van der Waals surface area contributed by atoms with Gasteiger partial charge in [-0.05, 0) is 13.0 Å². The fraction of sp³-hybridized carbons (Fsp3) is 0.333. The van der Waals surface area contributed by atoms with Gasteiger partial charge in [-0.2, -0.15) is 0 Å². The number of rotatable bonds is 2. The van der Waals surface area contributed by atoms with Crippen LogP contribution in [0, 0.1) is 0 Å². The molecule has 0 aliphatic rings. The number of halogens is 3. The van der Waals surface area contributed by atoms with Gasteiger partial charge in [0.05, 0.1) is 0 Å². The van der Waals surface area contributed by atoms with Crippen molar-refractivity contribution in [2.24, 2.45) is 0 Å². The number of hydrogen-bond acceptors (Lipinski definition) is 0. The summed E-state index contributed by atoms with van der Waals surface area (Å²) >= 11 is 16.1. The van der Waals surface area contributed by atoms with Crippen LogP contribution < -0.4 is 0 Å². The molecule has 52 valence electrons. The summed E-state index contributed by atoms with van der Waals surface area (Å²) in [5.41, 5.74) is 1.04. The maximum atomic E-state index is 5.45. The first-order valence-electron chi connectivity index (χ1n) is 2.41. The SMILES string of the molecule is C/C(=C/C=C(Cl)Cl)CCl. The van der Waals surface area contributed by atoms with E-state index >= 15 is 0 Å². The van der Waals surface area contributed by atoms with Gasteiger partial charge < -0.3 is 0 Å². The minimum Gasteiger partial charge on any atom is -0.122 e. The predicted molar refractivity (Wildman–Crippen MR) is 44.3 cm³/mol. The molecule has 0 saturated carbocycles. The zero-order chi connectivity index (χ0) is 7.28. The minimum atomic E-state index is 0.250. The Morgan fingerprint density at radius 2 is 1.89 bits per heavy atom. The normalized spacial score (nSPS) is 11.3. The van der Waals surface area contributed by atoms with Gasteiger partial charge in [-0.25, -0.2) is 0 Å². The molecule has 9 heavy (non-hydrogen) atoms. The summed E-state index contributed by atoms with van der Waals surface area (Å²) in [6, 6.07) is 0. The van der Waals surface area contributed by atoms with Crippen LogP contribution in [0.2, 0.25) is 0 Å². The van der Waals surface area contributed by atoms with Crippen molar-refractivity contribution < 1.29 is 0 Å². The standard InChI is InChI=1S/C6H7Cl3/c1-5(4-7)2-3-6(8)9/h2-3H,4H2,1H3/b5-2-. The molecule has 0 aromatic rings. The summed E-state index contributed by atoms with van der Waals surface area (Å²) in [6.45, 7) is 1.90. The van der Waals surface area contributed by atoms with Gasteiger partial charge in [0.2, 0.25) is 0 Å². The molecule has 0 saturated heterocycles. The largest absolute Gasteiger partial charge is 0.122 e. The molecule has 0 aromatic heterocycles. The fourth-order valence-corrected chi connectivity index (χ4v) is 0.465. The molecule has 0 N–H and O–H groups in total. The maximum Gasteiger partial charge on any atom is 0.106 e. The first-order valence-corrected chi connectivity index (χ1v) is 3.70. The third kappa shape index (κ3) is 6.23. The van der Waals surface area contributed by atoms with Crippen LogP contribution in [0.25, 0.3) is 0 Å². The van der Waals surface area contributed by atoms with E-state index in [1.807, 2.05) is 6.92 Å². The number of alkyl halides is 1. The summed E-state index contributed by atoms with van der Waals surface area (Å²) < 4.78 is 0.250. The summed E-state index contributed by atoms with van der Waals surface area (Å²) in [5.74, 6) is 0.511. The van der Waals surface area contributed by atoms with Crippen LogP contribution >= 0.6 is 34.8 Å². The van der Waals surface area contributed by atoms with Gasteiger partial charge in [0.15, 0.2) is 0 Å². The first kappa shape index (κ1) is 9.35. The molecule has 0 heterocycles. The molecule has 3 heteroatoms. The van der Waals surface area contributed by atoms with Crippen molar-refractivity contribution in [3.63, 3.8) is 0 Å². The monoisotopic (exact) mass is 184 g/mol. The molecule has 0 radical (unpaired) electrons. The van der Waals surface area contributed by atoms with Crippen LogP contribution in [0.1, 0.15) is 6.92 Å². The lowest BCUT2D eigenvalue weighted by atomic mass is 10.3. The van der Waals surface area contributed by atoms with Gasteiger partial charge in [-0.15, -0.1) is 11.6 Å². The molecule has 0 bridgehead atoms. The van der Waals surface area contributed by atoms with Gasteiger partial charge in [0.1, 0.15) is 4.49 Å². The summed E-state index contributed by atoms with van der Waals surface area (Å²) in [7, 11) is 0. The average molecular weight is 185 g/mol. The Labute approximate surface area is 70.1 Å². The second-order valence-electron chi connectivity index (χ2n) is 1.60. The van der Waals surface area contributed by atoms with Crippen molar-refractivity contribution in [3.05, 3.63) is 22.2 Å². The van der Waals surface area contributed by atoms with Crippen molar-refractivity contribution in [2.45, 2.75) is 6.92 Å². The van der Waals surface area contributed by atoms with Crippen LogP contribution in [-0.4, -0.2) is 5.88 Å². The quantitative estimate of drug-likeness (QED) is 0.456. The van der Waals surface area contributed by atoms with Crippen LogP contribution in [-0.2, 0) is 0 Å². The van der Waals surface area contributed by atoms with Gasteiger partial charge in [0, 0.05) is 5.88 Å². The number of allylic oxidation sites excluding steroid dienone is 3. The van der Waals surface area contributed by atoms with Crippen LogP contribution in [0.4, 0.5) is 0 Å². The van der Waals surface area contributed by atoms with E-state index < -0.39 is 0 Å². The highest BCUT2D eigenvalue weighted by molar-refractivity contribution is 6.55. The van der Waals surface area contributed by atoms with E-state index in [0.717, 1.165) is 5.57 Å². The van der Waals surface area contributed by atoms with Crippen molar-refractivity contribution >= 4 is 34.8 Å². The Bertz CT molecular complexity index is 131. The second-order valence-corrected chi connectivity index (χ2v) is 2.88. The second kappa shape index (κ2) is 5.16. The Morgan fingerprint density at radius 3 is 2.22 bits per heavy atom. The lowest BCUT2D eigenvalue weighted by molar-refractivity contribution is 1.40. The molecule has 0 atom stereocenters. The van der Waals surface area contributed by atoms with E-state index in [-0.39, 0.29) is 4.49 Å². The molecule has 0 amide bonds. The lowest BCUT2D eigenvalue weighted by Crippen LogP contribution is -1.72. The van der Waals surface area contributed by atoms with Gasteiger partial charge in [0.25, 0.3) is 0 Å². The molecule has 0 spiro atoms. The van der Waals surface area contributed by atoms with Crippen molar-refractivity contribution in [1.29, 1.82) is 0 Å². The predicted octanol–water partition coefficient (Wildman–Crippen LogP) is 3.49. The van der Waals surface area contributed by atoms with Crippen LogP contribution in [0.5, 0.6) is 0 Å². The Morgan fingerprint density at radius 1 is 1.33 bits per heavy atom. The molecule has 0 nitrogen and oxygen atoms in total. The van der Waals surface area contributed by atoms with E-state index in [4.69, 9.17) is 34.8 Å². The summed E-state index contributed by atoms with van der Waals surface area (Å²) in [6.07, 6.45) is 3.38. The highest BCUT2D eigenvalue weighted by Crippen LogP contribution is 2.07. The zero-order valence-electron chi connectivity index (χ0n) is 5.00. The Kier molecular flexibility index (Phi) is 5.36. The molecule has 0 fully saturated rings. The lowest BCUT2D eigenvalue weighted by Gasteiger charge is -1.86. The minimum absolute atomic E-state index is 0.250. The van der Waals surface area contributed by atoms with Gasteiger partial charge in [-0.3, -0.25) is 0 Å². The molecule has 0 unspecified atom stereocenters.